The van der Waals surface area contributed by atoms with Crippen molar-refractivity contribution in [1.82, 2.24) is 4.37 Å². The van der Waals surface area contributed by atoms with E-state index in [0.717, 1.165) is 28.1 Å². The fourth-order valence-corrected chi connectivity index (χ4v) is 3.84. The van der Waals surface area contributed by atoms with Crippen LogP contribution in [0.25, 0.3) is 32.8 Å². The molecule has 0 saturated heterocycles. The molecule has 0 unspecified atom stereocenters. The van der Waals surface area contributed by atoms with Crippen LogP contribution in [0, 0.1) is 0 Å². The summed E-state index contributed by atoms with van der Waals surface area (Å²) in [6.07, 6.45) is 0. The number of ether oxygens (including phenoxy) is 1. The average Bonchev–Trinajstić information content (AvgIpc) is 3.14. The molecule has 0 bridgehead atoms. The van der Waals surface area contributed by atoms with E-state index in [2.05, 4.69) is 48.5 Å². The summed E-state index contributed by atoms with van der Waals surface area (Å²) in [6.45, 7) is 0. The molecule has 1 aromatic heterocycles. The second kappa shape index (κ2) is 6.91. The molecule has 2 nitrogen and oxygen atoms in total. The van der Waals surface area contributed by atoms with E-state index in [-0.39, 0.29) is 0 Å². The van der Waals surface area contributed by atoms with E-state index in [1.165, 1.54) is 10.4 Å². The molecule has 122 valence electrons. The van der Waals surface area contributed by atoms with Crippen molar-refractivity contribution in [3.05, 3.63) is 84.9 Å². The van der Waals surface area contributed by atoms with Crippen LogP contribution in [0.3, 0.4) is 0 Å². The predicted molar refractivity (Wildman–Crippen MR) is 105 cm³/mol. The van der Waals surface area contributed by atoms with Crippen molar-refractivity contribution in [1.29, 1.82) is 0 Å². The van der Waals surface area contributed by atoms with Gasteiger partial charge in [-0.25, -0.2) is 0 Å². The molecule has 0 saturated carbocycles. The Morgan fingerprint density at radius 3 is 2.04 bits per heavy atom. The molecule has 3 heteroatoms. The molecule has 0 amide bonds. The first-order valence-corrected chi connectivity index (χ1v) is 8.89. The van der Waals surface area contributed by atoms with Crippen LogP contribution >= 0.6 is 11.5 Å². The first-order chi connectivity index (χ1) is 12.4. The fraction of sp³-hybridized carbons (Fsp3) is 0.0455. The summed E-state index contributed by atoms with van der Waals surface area (Å²) in [6, 6.07) is 28.9. The number of benzene rings is 3. The van der Waals surface area contributed by atoms with Gasteiger partial charge >= 0.3 is 0 Å². The number of nitrogens with zero attached hydrogens (tertiary/aromatic N) is 1. The normalized spacial score (nSPS) is 10.6. The Bertz CT molecular complexity index is 920. The Morgan fingerprint density at radius 2 is 1.36 bits per heavy atom. The smallest absolute Gasteiger partial charge is 0.119 e. The highest BCUT2D eigenvalue weighted by Crippen LogP contribution is 2.43. The summed E-state index contributed by atoms with van der Waals surface area (Å²) in [5, 5.41) is 0. The van der Waals surface area contributed by atoms with Gasteiger partial charge in [0, 0.05) is 11.1 Å². The van der Waals surface area contributed by atoms with E-state index < -0.39 is 0 Å². The molecule has 0 fully saturated rings. The first-order valence-electron chi connectivity index (χ1n) is 8.12. The molecule has 0 aliphatic heterocycles. The fourth-order valence-electron chi connectivity index (χ4n) is 2.92. The summed E-state index contributed by atoms with van der Waals surface area (Å²) in [7, 11) is 1.70. The molecule has 3 aromatic carbocycles. The van der Waals surface area contributed by atoms with Gasteiger partial charge in [0.05, 0.1) is 17.7 Å². The first kappa shape index (κ1) is 15.6. The topological polar surface area (TPSA) is 22.1 Å². The minimum atomic E-state index is 0.849. The Labute approximate surface area is 151 Å². The van der Waals surface area contributed by atoms with Crippen molar-refractivity contribution in [2.45, 2.75) is 0 Å². The van der Waals surface area contributed by atoms with Crippen LogP contribution in [0.5, 0.6) is 5.75 Å². The van der Waals surface area contributed by atoms with Gasteiger partial charge in [0.25, 0.3) is 0 Å². The maximum Gasteiger partial charge on any atom is 0.119 e. The van der Waals surface area contributed by atoms with Crippen LogP contribution in [-0.2, 0) is 0 Å². The lowest BCUT2D eigenvalue weighted by Gasteiger charge is -2.09. The summed E-state index contributed by atoms with van der Waals surface area (Å²) >= 11 is 1.54. The van der Waals surface area contributed by atoms with Crippen LogP contribution in [0.2, 0.25) is 0 Å². The van der Waals surface area contributed by atoms with Crippen molar-refractivity contribution in [2.75, 3.05) is 7.11 Å². The Hall–Kier alpha value is -2.91. The van der Waals surface area contributed by atoms with Crippen molar-refractivity contribution in [2.24, 2.45) is 0 Å². The lowest BCUT2D eigenvalue weighted by molar-refractivity contribution is 0.415. The molecule has 4 rings (SSSR count). The van der Waals surface area contributed by atoms with Crippen molar-refractivity contribution in [3.63, 3.8) is 0 Å². The predicted octanol–water partition coefficient (Wildman–Crippen LogP) is 6.15. The number of rotatable bonds is 4. The standard InChI is InChI=1S/C22H17NOS/c1-24-19-14-8-13-18(15-19)20-21(16-9-4-2-5-10-16)23-25-22(20)17-11-6-3-7-12-17/h2-15H,1H3. The van der Waals surface area contributed by atoms with Gasteiger partial charge in [0.15, 0.2) is 0 Å². The van der Waals surface area contributed by atoms with Gasteiger partial charge in [-0.2, -0.15) is 4.37 Å². The van der Waals surface area contributed by atoms with Crippen molar-refractivity contribution in [3.8, 4) is 38.6 Å². The SMILES string of the molecule is COc1cccc(-c2c(-c3ccccc3)nsc2-c2ccccc2)c1. The second-order valence-electron chi connectivity index (χ2n) is 5.70. The molecule has 4 aromatic rings. The summed E-state index contributed by atoms with van der Waals surface area (Å²) in [5.74, 6) is 0.849. The molecule has 0 aliphatic carbocycles. The van der Waals surface area contributed by atoms with E-state index >= 15 is 0 Å². The van der Waals surface area contributed by atoms with Crippen LogP contribution < -0.4 is 4.74 Å². The summed E-state index contributed by atoms with van der Waals surface area (Å²) in [5.41, 5.74) is 5.59. The Kier molecular flexibility index (Phi) is 4.32. The van der Waals surface area contributed by atoms with Gasteiger partial charge in [-0.1, -0.05) is 72.8 Å². The highest BCUT2D eigenvalue weighted by molar-refractivity contribution is 7.10. The monoisotopic (exact) mass is 343 g/mol. The average molecular weight is 343 g/mol. The van der Waals surface area contributed by atoms with E-state index in [9.17, 15) is 0 Å². The highest BCUT2D eigenvalue weighted by atomic mass is 32.1. The van der Waals surface area contributed by atoms with Gasteiger partial charge in [0.1, 0.15) is 5.75 Å². The van der Waals surface area contributed by atoms with E-state index in [1.807, 2.05) is 36.4 Å². The third-order valence-corrected chi connectivity index (χ3v) is 5.03. The van der Waals surface area contributed by atoms with Gasteiger partial charge < -0.3 is 4.74 Å². The molecule has 0 atom stereocenters. The largest absolute Gasteiger partial charge is 0.497 e. The highest BCUT2D eigenvalue weighted by Gasteiger charge is 2.18. The minimum Gasteiger partial charge on any atom is -0.497 e. The third kappa shape index (κ3) is 3.06. The number of hydrogen-bond donors (Lipinski definition) is 0. The zero-order valence-electron chi connectivity index (χ0n) is 13.8. The van der Waals surface area contributed by atoms with E-state index in [4.69, 9.17) is 9.11 Å². The zero-order valence-corrected chi connectivity index (χ0v) is 14.7. The lowest BCUT2D eigenvalue weighted by atomic mass is 9.97. The molecule has 25 heavy (non-hydrogen) atoms. The Balaban J connectivity index is 1.96. The second-order valence-corrected chi connectivity index (χ2v) is 6.47. The number of aromatic nitrogens is 1. The van der Waals surface area contributed by atoms with Gasteiger partial charge in [-0.3, -0.25) is 0 Å². The number of hydrogen-bond acceptors (Lipinski definition) is 3. The zero-order chi connectivity index (χ0) is 17.1. The molecular formula is C22H17NOS. The minimum absolute atomic E-state index is 0.849. The quantitative estimate of drug-likeness (QED) is 0.443. The lowest BCUT2D eigenvalue weighted by Crippen LogP contribution is -1.87. The maximum atomic E-state index is 5.43. The van der Waals surface area contributed by atoms with E-state index in [1.54, 1.807) is 18.6 Å². The summed E-state index contributed by atoms with van der Waals surface area (Å²) < 4.78 is 10.2. The van der Waals surface area contributed by atoms with Gasteiger partial charge in [-0.15, -0.1) is 0 Å². The van der Waals surface area contributed by atoms with Gasteiger partial charge in [0.2, 0.25) is 0 Å². The van der Waals surface area contributed by atoms with Crippen molar-refractivity contribution < 1.29 is 4.74 Å². The van der Waals surface area contributed by atoms with Crippen LogP contribution in [0.1, 0.15) is 0 Å². The maximum absolute atomic E-state index is 5.43. The molecule has 0 radical (unpaired) electrons. The molecule has 0 N–H and O–H groups in total. The van der Waals surface area contributed by atoms with Crippen LogP contribution in [-0.4, -0.2) is 11.5 Å². The van der Waals surface area contributed by atoms with Gasteiger partial charge in [-0.05, 0) is 34.8 Å². The number of methoxy groups -OCH3 is 1. The van der Waals surface area contributed by atoms with Crippen LogP contribution in [0.15, 0.2) is 84.9 Å². The van der Waals surface area contributed by atoms with Crippen molar-refractivity contribution >= 4 is 11.5 Å². The molecule has 1 heterocycles. The Morgan fingerprint density at radius 1 is 0.720 bits per heavy atom. The van der Waals surface area contributed by atoms with E-state index in [0.29, 0.717) is 0 Å². The third-order valence-electron chi connectivity index (χ3n) is 4.13. The molecular weight excluding hydrogens is 326 g/mol. The molecule has 0 spiro atoms. The van der Waals surface area contributed by atoms with Crippen LogP contribution in [0.4, 0.5) is 0 Å². The molecule has 0 aliphatic rings. The summed E-state index contributed by atoms with van der Waals surface area (Å²) in [4.78, 5) is 1.17.